The Labute approximate surface area is 172 Å². The number of halogens is 1. The molecule has 0 bridgehead atoms. The number of hydrogen-bond donors (Lipinski definition) is 1. The number of nitrogens with one attached hydrogen (secondary N) is 1. The highest BCUT2D eigenvalue weighted by Gasteiger charge is 2.34. The first-order chi connectivity index (χ1) is 14.5. The molecule has 1 N–H and O–H groups in total. The number of rotatable bonds is 9. The summed E-state index contributed by atoms with van der Waals surface area (Å²) in [6.07, 6.45) is 1.85. The van der Waals surface area contributed by atoms with Gasteiger partial charge in [-0.25, -0.2) is 4.39 Å². The second-order valence-electron chi connectivity index (χ2n) is 6.83. The normalized spacial score (nSPS) is 12.6. The maximum Gasteiger partial charge on any atom is 0.306 e. The van der Waals surface area contributed by atoms with E-state index < -0.39 is 24.3 Å². The van der Waals surface area contributed by atoms with E-state index in [4.69, 9.17) is 4.74 Å². The third kappa shape index (κ3) is 5.28. The van der Waals surface area contributed by atoms with Crippen LogP contribution in [0.1, 0.15) is 46.4 Å². The maximum atomic E-state index is 12.8. The first kappa shape index (κ1) is 21.2. The highest BCUT2D eigenvalue weighted by atomic mass is 19.1. The average molecular weight is 412 g/mol. The number of amides is 3. The SMILES string of the molecule is O=C(COC(=O)CCCCCN1C(=O)c2ccccc2C1=O)Nc1ccc(F)cc1. The zero-order valence-corrected chi connectivity index (χ0v) is 16.2. The van der Waals surface area contributed by atoms with Crippen molar-refractivity contribution in [1.82, 2.24) is 4.90 Å². The van der Waals surface area contributed by atoms with Crippen LogP contribution in [0.15, 0.2) is 48.5 Å². The van der Waals surface area contributed by atoms with Gasteiger partial charge in [-0.2, -0.15) is 0 Å². The number of nitrogens with zero attached hydrogens (tertiary/aromatic N) is 1. The number of esters is 1. The third-order valence-corrected chi connectivity index (χ3v) is 4.63. The Morgan fingerprint density at radius 1 is 0.900 bits per heavy atom. The lowest BCUT2D eigenvalue weighted by Crippen LogP contribution is -2.30. The molecule has 156 valence electrons. The van der Waals surface area contributed by atoms with Gasteiger partial charge in [-0.3, -0.25) is 24.1 Å². The van der Waals surface area contributed by atoms with Crippen molar-refractivity contribution < 1.29 is 28.3 Å². The second-order valence-corrected chi connectivity index (χ2v) is 6.83. The summed E-state index contributed by atoms with van der Waals surface area (Å²) in [5, 5.41) is 2.50. The number of unbranched alkanes of at least 4 members (excludes halogenated alkanes) is 2. The van der Waals surface area contributed by atoms with Crippen LogP contribution in [0.5, 0.6) is 0 Å². The van der Waals surface area contributed by atoms with Gasteiger partial charge < -0.3 is 10.1 Å². The predicted octanol–water partition coefficient (Wildman–Crippen LogP) is 3.16. The van der Waals surface area contributed by atoms with Crippen LogP contribution in [0.25, 0.3) is 0 Å². The van der Waals surface area contributed by atoms with Crippen LogP contribution in [-0.4, -0.2) is 41.7 Å². The Morgan fingerprint density at radius 2 is 1.53 bits per heavy atom. The third-order valence-electron chi connectivity index (χ3n) is 4.63. The van der Waals surface area contributed by atoms with Crippen molar-refractivity contribution in [2.75, 3.05) is 18.5 Å². The fourth-order valence-corrected chi connectivity index (χ4v) is 3.11. The Kier molecular flexibility index (Phi) is 6.90. The van der Waals surface area contributed by atoms with Gasteiger partial charge in [0.25, 0.3) is 17.7 Å². The van der Waals surface area contributed by atoms with E-state index in [0.29, 0.717) is 42.6 Å². The van der Waals surface area contributed by atoms with Crippen LogP contribution in [0.4, 0.5) is 10.1 Å². The summed E-state index contributed by atoms with van der Waals surface area (Å²) < 4.78 is 17.7. The minimum Gasteiger partial charge on any atom is -0.456 e. The molecule has 0 spiro atoms. The molecule has 0 saturated carbocycles. The van der Waals surface area contributed by atoms with Crippen molar-refractivity contribution in [2.45, 2.75) is 25.7 Å². The summed E-state index contributed by atoms with van der Waals surface area (Å²) in [5.74, 6) is -2.02. The zero-order chi connectivity index (χ0) is 21.5. The van der Waals surface area contributed by atoms with Crippen LogP contribution >= 0.6 is 0 Å². The Bertz CT molecular complexity index is 923. The van der Waals surface area contributed by atoms with Gasteiger partial charge in [0.2, 0.25) is 0 Å². The summed E-state index contributed by atoms with van der Waals surface area (Å²) in [6, 6.07) is 12.0. The van der Waals surface area contributed by atoms with Gasteiger partial charge in [-0.15, -0.1) is 0 Å². The molecule has 7 nitrogen and oxygen atoms in total. The number of imide groups is 1. The molecule has 0 aliphatic carbocycles. The van der Waals surface area contributed by atoms with E-state index >= 15 is 0 Å². The van der Waals surface area contributed by atoms with Gasteiger partial charge in [-0.1, -0.05) is 18.6 Å². The zero-order valence-electron chi connectivity index (χ0n) is 16.2. The van der Waals surface area contributed by atoms with E-state index in [-0.39, 0.29) is 18.2 Å². The summed E-state index contributed by atoms with van der Waals surface area (Å²) >= 11 is 0. The molecule has 8 heteroatoms. The number of carbonyl (C=O) groups is 4. The average Bonchev–Trinajstić information content (AvgIpc) is 2.98. The molecule has 1 heterocycles. The van der Waals surface area contributed by atoms with Crippen molar-refractivity contribution in [2.24, 2.45) is 0 Å². The van der Waals surface area contributed by atoms with Gasteiger partial charge in [0.15, 0.2) is 6.61 Å². The molecular formula is C22H21FN2O5. The molecule has 3 rings (SSSR count). The minimum absolute atomic E-state index is 0.131. The number of carbonyl (C=O) groups excluding carboxylic acids is 4. The van der Waals surface area contributed by atoms with Crippen molar-refractivity contribution in [1.29, 1.82) is 0 Å². The molecule has 0 unspecified atom stereocenters. The molecule has 0 fully saturated rings. The van der Waals surface area contributed by atoms with Crippen molar-refractivity contribution in [3.05, 3.63) is 65.5 Å². The quantitative estimate of drug-likeness (QED) is 0.388. The van der Waals surface area contributed by atoms with Crippen molar-refractivity contribution >= 4 is 29.4 Å². The Morgan fingerprint density at radius 3 is 2.17 bits per heavy atom. The largest absolute Gasteiger partial charge is 0.456 e. The van der Waals surface area contributed by atoms with Gasteiger partial charge in [-0.05, 0) is 49.2 Å². The topological polar surface area (TPSA) is 92.8 Å². The van der Waals surface area contributed by atoms with Gasteiger partial charge in [0, 0.05) is 18.7 Å². The molecule has 2 aromatic rings. The van der Waals surface area contributed by atoms with Crippen LogP contribution in [0, 0.1) is 5.82 Å². The van der Waals surface area contributed by atoms with E-state index in [2.05, 4.69) is 5.32 Å². The van der Waals surface area contributed by atoms with Crippen LogP contribution in [0.2, 0.25) is 0 Å². The van der Waals surface area contributed by atoms with Crippen molar-refractivity contribution in [3.8, 4) is 0 Å². The molecule has 1 aliphatic heterocycles. The highest BCUT2D eigenvalue weighted by Crippen LogP contribution is 2.22. The Balaban J connectivity index is 1.30. The summed E-state index contributed by atoms with van der Waals surface area (Å²) in [7, 11) is 0. The molecule has 1 aliphatic rings. The maximum absolute atomic E-state index is 12.8. The number of ether oxygens (including phenoxy) is 1. The van der Waals surface area contributed by atoms with E-state index in [9.17, 15) is 23.6 Å². The first-order valence-corrected chi connectivity index (χ1v) is 9.62. The lowest BCUT2D eigenvalue weighted by atomic mass is 10.1. The monoisotopic (exact) mass is 412 g/mol. The summed E-state index contributed by atoms with van der Waals surface area (Å²) in [5.41, 5.74) is 1.25. The standard InChI is InChI=1S/C22H21FN2O5/c23-15-9-11-16(12-10-15)24-19(26)14-30-20(27)8-2-1-5-13-25-21(28)17-6-3-4-7-18(17)22(25)29/h3-4,6-7,9-12H,1-2,5,8,13-14H2,(H,24,26). The molecule has 2 aromatic carbocycles. The van der Waals surface area contributed by atoms with Gasteiger partial charge in [0.05, 0.1) is 11.1 Å². The summed E-state index contributed by atoms with van der Waals surface area (Å²) in [6.45, 7) is -0.132. The van der Waals surface area contributed by atoms with Gasteiger partial charge >= 0.3 is 5.97 Å². The van der Waals surface area contributed by atoms with E-state index in [1.165, 1.54) is 29.2 Å². The lowest BCUT2D eigenvalue weighted by molar-refractivity contribution is -0.147. The van der Waals surface area contributed by atoms with Crippen LogP contribution in [-0.2, 0) is 14.3 Å². The minimum atomic E-state index is -0.513. The van der Waals surface area contributed by atoms with E-state index in [0.717, 1.165) is 0 Å². The van der Waals surface area contributed by atoms with Crippen LogP contribution in [0.3, 0.4) is 0 Å². The summed E-state index contributed by atoms with van der Waals surface area (Å²) in [4.78, 5) is 49.2. The lowest BCUT2D eigenvalue weighted by Gasteiger charge is -2.13. The Hall–Kier alpha value is -3.55. The molecule has 0 radical (unpaired) electrons. The number of hydrogen-bond acceptors (Lipinski definition) is 5. The van der Waals surface area contributed by atoms with Gasteiger partial charge in [0.1, 0.15) is 5.82 Å². The first-order valence-electron chi connectivity index (χ1n) is 9.62. The number of fused-ring (bicyclic) bond motifs is 1. The van der Waals surface area contributed by atoms with E-state index in [1.54, 1.807) is 24.3 Å². The number of anilines is 1. The predicted molar refractivity (Wildman–Crippen MR) is 106 cm³/mol. The highest BCUT2D eigenvalue weighted by molar-refractivity contribution is 6.21. The number of benzene rings is 2. The van der Waals surface area contributed by atoms with Crippen molar-refractivity contribution in [3.63, 3.8) is 0 Å². The second kappa shape index (κ2) is 9.78. The fraction of sp³-hybridized carbons (Fsp3) is 0.273. The molecule has 3 amide bonds. The smallest absolute Gasteiger partial charge is 0.306 e. The molecule has 0 saturated heterocycles. The van der Waals surface area contributed by atoms with E-state index in [1.807, 2.05) is 0 Å². The molecule has 0 atom stereocenters. The fourth-order valence-electron chi connectivity index (χ4n) is 3.11. The molecular weight excluding hydrogens is 391 g/mol. The van der Waals surface area contributed by atoms with Crippen LogP contribution < -0.4 is 5.32 Å². The molecule has 0 aromatic heterocycles. The molecule has 30 heavy (non-hydrogen) atoms.